The van der Waals surface area contributed by atoms with E-state index in [9.17, 15) is 9.59 Å². The smallest absolute Gasteiger partial charge is 0.273 e. The summed E-state index contributed by atoms with van der Waals surface area (Å²) < 4.78 is 5.19. The number of hydrogen-bond acceptors (Lipinski definition) is 6. The van der Waals surface area contributed by atoms with Gasteiger partial charge in [0.15, 0.2) is 11.5 Å². The lowest BCUT2D eigenvalue weighted by molar-refractivity contribution is 0.0943. The molecule has 8 heteroatoms. The average Bonchev–Trinajstić information content (AvgIpc) is 3.19. The minimum atomic E-state index is -0.427. The zero-order chi connectivity index (χ0) is 18.5. The quantitative estimate of drug-likeness (QED) is 0.642. The Hall–Kier alpha value is -3.68. The third kappa shape index (κ3) is 3.69. The van der Waals surface area contributed by atoms with Gasteiger partial charge in [0.25, 0.3) is 11.8 Å². The second-order valence-electron chi connectivity index (χ2n) is 5.41. The number of furan rings is 1. The Morgan fingerprint density at radius 2 is 2.04 bits per heavy atom. The molecule has 4 N–H and O–H groups in total. The Balaban J connectivity index is 1.83. The summed E-state index contributed by atoms with van der Waals surface area (Å²) in [5.74, 6) is 0.0249. The Kier molecular flexibility index (Phi) is 4.93. The van der Waals surface area contributed by atoms with Gasteiger partial charge in [-0.1, -0.05) is 12.1 Å². The molecule has 0 saturated carbocycles. The predicted octanol–water partition coefficient (Wildman–Crippen LogP) is 1.61. The van der Waals surface area contributed by atoms with Crippen molar-refractivity contribution in [3.05, 3.63) is 65.9 Å². The van der Waals surface area contributed by atoms with Gasteiger partial charge < -0.3 is 20.8 Å². The van der Waals surface area contributed by atoms with E-state index < -0.39 is 5.91 Å². The van der Waals surface area contributed by atoms with Gasteiger partial charge in [0, 0.05) is 18.2 Å². The molecule has 0 bridgehead atoms. The first-order valence-electron chi connectivity index (χ1n) is 7.84. The molecule has 0 radical (unpaired) electrons. The van der Waals surface area contributed by atoms with E-state index in [2.05, 4.69) is 20.6 Å². The van der Waals surface area contributed by atoms with Gasteiger partial charge in [0.1, 0.15) is 5.76 Å². The van der Waals surface area contributed by atoms with Crippen molar-refractivity contribution < 1.29 is 14.0 Å². The summed E-state index contributed by atoms with van der Waals surface area (Å²) >= 11 is 0. The summed E-state index contributed by atoms with van der Waals surface area (Å²) in [7, 11) is 1.49. The normalized spacial score (nSPS) is 10.3. The van der Waals surface area contributed by atoms with Gasteiger partial charge in [0.2, 0.25) is 0 Å². The number of nitrogens with zero attached hydrogens (tertiary/aromatic N) is 2. The molecule has 2 heterocycles. The van der Waals surface area contributed by atoms with Crippen molar-refractivity contribution >= 4 is 17.6 Å². The average molecular weight is 351 g/mol. The number of amides is 2. The summed E-state index contributed by atoms with van der Waals surface area (Å²) in [6.07, 6.45) is 3.01. The molecule has 132 valence electrons. The van der Waals surface area contributed by atoms with Crippen molar-refractivity contribution in [2.45, 2.75) is 6.54 Å². The van der Waals surface area contributed by atoms with Crippen LogP contribution in [0.2, 0.25) is 0 Å². The van der Waals surface area contributed by atoms with Crippen LogP contribution in [0, 0.1) is 0 Å². The number of carbonyl (C=O) groups is 2. The van der Waals surface area contributed by atoms with Gasteiger partial charge >= 0.3 is 0 Å². The van der Waals surface area contributed by atoms with E-state index >= 15 is 0 Å². The van der Waals surface area contributed by atoms with Crippen molar-refractivity contribution in [3.63, 3.8) is 0 Å². The summed E-state index contributed by atoms with van der Waals surface area (Å²) in [6.45, 7) is 0.290. The zero-order valence-electron chi connectivity index (χ0n) is 14.0. The Morgan fingerprint density at radius 3 is 2.77 bits per heavy atom. The molecule has 2 aromatic heterocycles. The highest BCUT2D eigenvalue weighted by molar-refractivity contribution is 5.97. The molecule has 3 aromatic rings. The van der Waals surface area contributed by atoms with Crippen molar-refractivity contribution in [1.82, 2.24) is 20.6 Å². The maximum atomic E-state index is 12.3. The monoisotopic (exact) mass is 351 g/mol. The van der Waals surface area contributed by atoms with Gasteiger partial charge in [0.05, 0.1) is 24.7 Å². The van der Waals surface area contributed by atoms with E-state index in [1.807, 2.05) is 0 Å². The maximum Gasteiger partial charge on any atom is 0.273 e. The highest BCUT2D eigenvalue weighted by Crippen LogP contribution is 2.20. The zero-order valence-corrected chi connectivity index (χ0v) is 14.0. The van der Waals surface area contributed by atoms with Gasteiger partial charge in [-0.05, 0) is 24.3 Å². The van der Waals surface area contributed by atoms with Gasteiger partial charge in [-0.2, -0.15) is 0 Å². The Morgan fingerprint density at radius 1 is 1.19 bits per heavy atom. The third-order valence-electron chi connectivity index (χ3n) is 3.67. The van der Waals surface area contributed by atoms with Crippen LogP contribution in [0.3, 0.4) is 0 Å². The fourth-order valence-electron chi connectivity index (χ4n) is 2.33. The van der Waals surface area contributed by atoms with E-state index in [4.69, 9.17) is 10.2 Å². The summed E-state index contributed by atoms with van der Waals surface area (Å²) in [5, 5.41) is 5.24. The number of nitrogens with one attached hydrogen (secondary N) is 2. The molecule has 0 aliphatic rings. The minimum absolute atomic E-state index is 0.0395. The standard InChI is InChI=1S/C18H17N5O3/c1-20-18(25)15-16(19)21-10-14(23-15)11-4-2-5-12(8-11)17(24)22-9-13-6-3-7-26-13/h2-8,10H,9H2,1H3,(H2,19,21)(H,20,25)(H,22,24). The first-order chi connectivity index (χ1) is 12.6. The number of anilines is 1. The number of benzene rings is 1. The van der Waals surface area contributed by atoms with Crippen molar-refractivity contribution in [2.24, 2.45) is 0 Å². The number of nitrogens with two attached hydrogens (primary N) is 1. The van der Waals surface area contributed by atoms with E-state index in [1.165, 1.54) is 13.2 Å². The molecule has 0 unspecified atom stereocenters. The fraction of sp³-hybridized carbons (Fsp3) is 0.111. The number of aromatic nitrogens is 2. The van der Waals surface area contributed by atoms with Gasteiger partial charge in [-0.3, -0.25) is 9.59 Å². The second-order valence-corrected chi connectivity index (χ2v) is 5.41. The van der Waals surface area contributed by atoms with Crippen LogP contribution in [0.15, 0.2) is 53.3 Å². The molecule has 2 amide bonds. The molecule has 3 rings (SSSR count). The lowest BCUT2D eigenvalue weighted by atomic mass is 10.1. The molecular weight excluding hydrogens is 334 g/mol. The highest BCUT2D eigenvalue weighted by Gasteiger charge is 2.14. The van der Waals surface area contributed by atoms with E-state index in [0.29, 0.717) is 29.1 Å². The topological polar surface area (TPSA) is 123 Å². The van der Waals surface area contributed by atoms with Gasteiger partial charge in [-0.25, -0.2) is 9.97 Å². The molecule has 0 fully saturated rings. The fourth-order valence-corrected chi connectivity index (χ4v) is 2.33. The van der Waals surface area contributed by atoms with Crippen LogP contribution in [0.5, 0.6) is 0 Å². The molecule has 0 spiro atoms. The third-order valence-corrected chi connectivity index (χ3v) is 3.67. The molecule has 8 nitrogen and oxygen atoms in total. The maximum absolute atomic E-state index is 12.3. The summed E-state index contributed by atoms with van der Waals surface area (Å²) in [5.41, 5.74) is 7.28. The van der Waals surface area contributed by atoms with Gasteiger partial charge in [-0.15, -0.1) is 0 Å². The van der Waals surface area contributed by atoms with Crippen LogP contribution in [0.25, 0.3) is 11.3 Å². The Labute approximate surface area is 149 Å². The highest BCUT2D eigenvalue weighted by atomic mass is 16.3. The Bertz CT molecular complexity index is 938. The molecule has 1 aromatic carbocycles. The number of rotatable bonds is 5. The van der Waals surface area contributed by atoms with Crippen LogP contribution >= 0.6 is 0 Å². The van der Waals surface area contributed by atoms with Crippen LogP contribution in [-0.4, -0.2) is 28.8 Å². The molecule has 0 saturated heterocycles. The predicted molar refractivity (Wildman–Crippen MR) is 95.1 cm³/mol. The van der Waals surface area contributed by atoms with Crippen molar-refractivity contribution in [2.75, 3.05) is 12.8 Å². The first-order valence-corrected chi connectivity index (χ1v) is 7.84. The SMILES string of the molecule is CNC(=O)c1nc(-c2cccc(C(=O)NCc3ccco3)c2)cnc1N. The largest absolute Gasteiger partial charge is 0.467 e. The molecule has 0 atom stereocenters. The van der Waals surface area contributed by atoms with Crippen LogP contribution in [-0.2, 0) is 6.54 Å². The number of hydrogen-bond donors (Lipinski definition) is 3. The first kappa shape index (κ1) is 17.2. The van der Waals surface area contributed by atoms with Crippen LogP contribution in [0.1, 0.15) is 26.6 Å². The molecule has 0 aliphatic heterocycles. The van der Waals surface area contributed by atoms with Crippen molar-refractivity contribution in [3.8, 4) is 11.3 Å². The molecule has 26 heavy (non-hydrogen) atoms. The number of nitrogen functional groups attached to an aromatic ring is 1. The minimum Gasteiger partial charge on any atom is -0.467 e. The van der Waals surface area contributed by atoms with Crippen LogP contribution < -0.4 is 16.4 Å². The molecular formula is C18H17N5O3. The molecule has 0 aliphatic carbocycles. The van der Waals surface area contributed by atoms with Crippen LogP contribution in [0.4, 0.5) is 5.82 Å². The van der Waals surface area contributed by atoms with E-state index in [0.717, 1.165) is 0 Å². The van der Waals surface area contributed by atoms with E-state index in [1.54, 1.807) is 42.7 Å². The second kappa shape index (κ2) is 7.47. The summed E-state index contributed by atoms with van der Waals surface area (Å²) in [6, 6.07) is 10.4. The number of carbonyl (C=O) groups excluding carboxylic acids is 2. The lowest BCUT2D eigenvalue weighted by Crippen LogP contribution is -2.22. The lowest BCUT2D eigenvalue weighted by Gasteiger charge is -2.08. The van der Waals surface area contributed by atoms with E-state index in [-0.39, 0.29) is 17.4 Å². The van der Waals surface area contributed by atoms with Crippen molar-refractivity contribution in [1.29, 1.82) is 0 Å². The summed E-state index contributed by atoms with van der Waals surface area (Å²) in [4.78, 5) is 32.4.